The molecule has 0 saturated heterocycles. The van der Waals surface area contributed by atoms with E-state index in [4.69, 9.17) is 10.5 Å². The van der Waals surface area contributed by atoms with Crippen molar-refractivity contribution in [2.24, 2.45) is 0 Å². The first-order chi connectivity index (χ1) is 9.10. The van der Waals surface area contributed by atoms with Crippen molar-refractivity contribution >= 4 is 16.5 Å². The zero-order valence-electron chi connectivity index (χ0n) is 11.1. The van der Waals surface area contributed by atoms with Crippen LogP contribution in [-0.4, -0.2) is 11.3 Å². The van der Waals surface area contributed by atoms with E-state index in [0.717, 1.165) is 21.8 Å². The van der Waals surface area contributed by atoms with Crippen LogP contribution in [0.1, 0.15) is 11.1 Å². The van der Waals surface area contributed by atoms with Crippen LogP contribution >= 0.6 is 0 Å². The minimum Gasteiger partial charge on any atom is -0.497 e. The molecule has 4 heteroatoms. The first kappa shape index (κ1) is 13.6. The second kappa shape index (κ2) is 5.89. The predicted molar refractivity (Wildman–Crippen MR) is 78.7 cm³/mol. The van der Waals surface area contributed by atoms with E-state index in [0.29, 0.717) is 11.4 Å². The molecule has 100 valence electrons. The van der Waals surface area contributed by atoms with Crippen LogP contribution in [0.2, 0.25) is 0 Å². The Kier molecular flexibility index (Phi) is 4.22. The monoisotopic (exact) mass is 275 g/mol. The van der Waals surface area contributed by atoms with Crippen LogP contribution in [0, 0.1) is 6.92 Å². The average Bonchev–Trinajstić information content (AvgIpc) is 2.42. The van der Waals surface area contributed by atoms with E-state index in [-0.39, 0.29) is 0 Å². The zero-order chi connectivity index (χ0) is 13.8. The largest absolute Gasteiger partial charge is 0.497 e. The normalized spacial score (nSPS) is 12.1. The fourth-order valence-corrected chi connectivity index (χ4v) is 2.95. The van der Waals surface area contributed by atoms with Gasteiger partial charge in [-0.15, -0.1) is 0 Å². The molecule has 0 heterocycles. The number of ether oxygens (including phenoxy) is 1. The van der Waals surface area contributed by atoms with Gasteiger partial charge in [0.2, 0.25) is 0 Å². The van der Waals surface area contributed by atoms with Gasteiger partial charge in [0.1, 0.15) is 5.75 Å². The lowest BCUT2D eigenvalue weighted by molar-refractivity contribution is 0.414. The summed E-state index contributed by atoms with van der Waals surface area (Å²) in [4.78, 5) is 0.778. The maximum Gasteiger partial charge on any atom is 0.118 e. The van der Waals surface area contributed by atoms with E-state index in [1.165, 1.54) is 0 Å². The van der Waals surface area contributed by atoms with E-state index < -0.39 is 10.8 Å². The number of nitrogens with two attached hydrogens (primary N) is 1. The van der Waals surface area contributed by atoms with Crippen molar-refractivity contribution in [1.29, 1.82) is 0 Å². The minimum absolute atomic E-state index is 0.429. The smallest absolute Gasteiger partial charge is 0.118 e. The molecule has 2 rings (SSSR count). The number of hydrogen-bond acceptors (Lipinski definition) is 3. The van der Waals surface area contributed by atoms with E-state index in [1.807, 2.05) is 49.4 Å². The van der Waals surface area contributed by atoms with Gasteiger partial charge in [0, 0.05) is 10.6 Å². The van der Waals surface area contributed by atoms with Crippen LogP contribution in [0.5, 0.6) is 5.75 Å². The number of hydrogen-bond donors (Lipinski definition) is 1. The average molecular weight is 275 g/mol. The molecule has 0 aromatic heterocycles. The summed E-state index contributed by atoms with van der Waals surface area (Å²) in [6.45, 7) is 1.99. The molecular weight excluding hydrogens is 258 g/mol. The number of aryl methyl sites for hydroxylation is 1. The Morgan fingerprint density at radius 2 is 1.84 bits per heavy atom. The SMILES string of the molecule is COc1ccc(S(=O)Cc2ccc(C)cc2N)cc1. The Labute approximate surface area is 115 Å². The zero-order valence-corrected chi connectivity index (χ0v) is 11.9. The van der Waals surface area contributed by atoms with Crippen molar-refractivity contribution in [2.75, 3.05) is 12.8 Å². The molecule has 3 nitrogen and oxygen atoms in total. The lowest BCUT2D eigenvalue weighted by Gasteiger charge is -2.07. The van der Waals surface area contributed by atoms with Gasteiger partial charge in [-0.1, -0.05) is 12.1 Å². The summed E-state index contributed by atoms with van der Waals surface area (Å²) in [5, 5.41) is 0. The van der Waals surface area contributed by atoms with Crippen LogP contribution in [-0.2, 0) is 16.6 Å². The van der Waals surface area contributed by atoms with Crippen LogP contribution in [0.15, 0.2) is 47.4 Å². The number of methoxy groups -OCH3 is 1. The van der Waals surface area contributed by atoms with Gasteiger partial charge in [-0.3, -0.25) is 4.21 Å². The minimum atomic E-state index is -1.10. The molecule has 0 amide bonds. The molecule has 0 fully saturated rings. The van der Waals surface area contributed by atoms with Gasteiger partial charge in [0.15, 0.2) is 0 Å². The molecule has 19 heavy (non-hydrogen) atoms. The Morgan fingerprint density at radius 3 is 2.42 bits per heavy atom. The molecular formula is C15H17NO2S. The molecule has 0 aliphatic rings. The summed E-state index contributed by atoms with van der Waals surface area (Å²) in [5.74, 6) is 1.19. The number of rotatable bonds is 4. The standard InChI is InChI=1S/C15H17NO2S/c1-11-3-4-12(15(16)9-11)10-19(17)14-7-5-13(18-2)6-8-14/h3-9H,10,16H2,1-2H3. The molecule has 2 aromatic carbocycles. The van der Waals surface area contributed by atoms with Gasteiger partial charge in [0.05, 0.1) is 23.7 Å². The van der Waals surface area contributed by atoms with Crippen molar-refractivity contribution in [2.45, 2.75) is 17.6 Å². The maximum atomic E-state index is 12.3. The predicted octanol–water partition coefficient (Wildman–Crippen LogP) is 2.89. The second-order valence-electron chi connectivity index (χ2n) is 4.37. The number of anilines is 1. The van der Waals surface area contributed by atoms with Crippen LogP contribution in [0.25, 0.3) is 0 Å². The van der Waals surface area contributed by atoms with E-state index in [2.05, 4.69) is 0 Å². The highest BCUT2D eigenvalue weighted by molar-refractivity contribution is 7.84. The Morgan fingerprint density at radius 1 is 1.16 bits per heavy atom. The fraction of sp³-hybridized carbons (Fsp3) is 0.200. The van der Waals surface area contributed by atoms with E-state index in [9.17, 15) is 4.21 Å². The third-order valence-electron chi connectivity index (χ3n) is 2.91. The van der Waals surface area contributed by atoms with Gasteiger partial charge >= 0.3 is 0 Å². The molecule has 0 spiro atoms. The Balaban J connectivity index is 2.15. The van der Waals surface area contributed by atoms with Gasteiger partial charge in [-0.25, -0.2) is 0 Å². The van der Waals surface area contributed by atoms with Crippen molar-refractivity contribution in [3.05, 3.63) is 53.6 Å². The Hall–Kier alpha value is -1.81. The summed E-state index contributed by atoms with van der Waals surface area (Å²) in [6.07, 6.45) is 0. The first-order valence-electron chi connectivity index (χ1n) is 5.97. The summed E-state index contributed by atoms with van der Waals surface area (Å²) in [5.41, 5.74) is 8.66. The van der Waals surface area contributed by atoms with Gasteiger partial charge < -0.3 is 10.5 Å². The van der Waals surface area contributed by atoms with Gasteiger partial charge in [0.25, 0.3) is 0 Å². The highest BCUT2D eigenvalue weighted by atomic mass is 32.2. The highest BCUT2D eigenvalue weighted by Crippen LogP contribution is 2.20. The summed E-state index contributed by atoms with van der Waals surface area (Å²) < 4.78 is 17.3. The highest BCUT2D eigenvalue weighted by Gasteiger charge is 2.08. The third kappa shape index (κ3) is 3.35. The van der Waals surface area contributed by atoms with Crippen LogP contribution in [0.3, 0.4) is 0 Å². The van der Waals surface area contributed by atoms with Crippen LogP contribution in [0.4, 0.5) is 5.69 Å². The summed E-state index contributed by atoms with van der Waals surface area (Å²) >= 11 is 0. The molecule has 0 saturated carbocycles. The quantitative estimate of drug-likeness (QED) is 0.873. The molecule has 0 bridgehead atoms. The van der Waals surface area contributed by atoms with Crippen LogP contribution < -0.4 is 10.5 Å². The topological polar surface area (TPSA) is 52.3 Å². The van der Waals surface area contributed by atoms with Crippen molar-refractivity contribution in [3.63, 3.8) is 0 Å². The van der Waals surface area contributed by atoms with E-state index >= 15 is 0 Å². The molecule has 0 radical (unpaired) electrons. The molecule has 0 aliphatic carbocycles. The Bertz CT molecular complexity index is 594. The van der Waals surface area contributed by atoms with Gasteiger partial charge in [-0.2, -0.15) is 0 Å². The number of nitrogen functional groups attached to an aromatic ring is 1. The molecule has 0 aliphatic heterocycles. The van der Waals surface area contributed by atoms with Crippen molar-refractivity contribution < 1.29 is 8.95 Å². The van der Waals surface area contributed by atoms with Crippen molar-refractivity contribution in [3.8, 4) is 5.75 Å². The molecule has 1 unspecified atom stereocenters. The fourth-order valence-electron chi connectivity index (χ4n) is 1.80. The molecule has 2 N–H and O–H groups in total. The first-order valence-corrected chi connectivity index (χ1v) is 7.29. The lowest BCUT2D eigenvalue weighted by Crippen LogP contribution is -2.01. The lowest BCUT2D eigenvalue weighted by atomic mass is 10.1. The third-order valence-corrected chi connectivity index (χ3v) is 4.28. The molecule has 2 aromatic rings. The summed E-state index contributed by atoms with van der Waals surface area (Å²) in [6, 6.07) is 13.1. The van der Waals surface area contributed by atoms with Gasteiger partial charge in [-0.05, 0) is 48.4 Å². The maximum absolute atomic E-state index is 12.3. The summed E-state index contributed by atoms with van der Waals surface area (Å²) in [7, 11) is 0.513. The van der Waals surface area contributed by atoms with E-state index in [1.54, 1.807) is 7.11 Å². The number of benzene rings is 2. The second-order valence-corrected chi connectivity index (χ2v) is 5.82. The molecule has 1 atom stereocenters. The van der Waals surface area contributed by atoms with Crippen molar-refractivity contribution in [1.82, 2.24) is 0 Å².